The first kappa shape index (κ1) is 24.5. The Morgan fingerprint density at radius 3 is 2.21 bits per heavy atom. The molecule has 0 unspecified atom stereocenters. The molecule has 2 heterocycles. The maximum absolute atomic E-state index is 13.1. The fraction of sp³-hybridized carbons (Fsp3) is 0.280. The van der Waals surface area contributed by atoms with E-state index in [4.69, 9.17) is 0 Å². The molecular weight excluding hydrogens is 436 g/mol. The second-order valence-electron chi connectivity index (χ2n) is 8.33. The van der Waals surface area contributed by atoms with Gasteiger partial charge in [0, 0.05) is 11.8 Å². The second kappa shape index (κ2) is 10.7. The van der Waals surface area contributed by atoms with Crippen LogP contribution in [-0.4, -0.2) is 43.8 Å². The van der Waals surface area contributed by atoms with Gasteiger partial charge in [-0.2, -0.15) is 0 Å². The number of nitrogens with one attached hydrogen (secondary N) is 3. The minimum atomic E-state index is -0.949. The van der Waals surface area contributed by atoms with Gasteiger partial charge in [0.1, 0.15) is 5.69 Å². The highest BCUT2D eigenvalue weighted by atomic mass is 16.3. The SMILES string of the molecule is Cc1c(O)[nH]c(O)c1C(=O)[C@@H](NC(=O)C[C@H](NC(=O)c1ccccn1)c1ccccc1)C(C)C. The largest absolute Gasteiger partial charge is 0.494 e. The number of rotatable bonds is 9. The molecule has 0 aliphatic heterocycles. The van der Waals surface area contributed by atoms with Gasteiger partial charge in [0.25, 0.3) is 5.91 Å². The predicted octanol–water partition coefficient (Wildman–Crippen LogP) is 3.01. The number of hydrogen-bond donors (Lipinski definition) is 5. The van der Waals surface area contributed by atoms with Crippen LogP contribution in [0.5, 0.6) is 11.8 Å². The van der Waals surface area contributed by atoms with E-state index in [1.54, 1.807) is 56.3 Å². The van der Waals surface area contributed by atoms with E-state index < -0.39 is 35.6 Å². The van der Waals surface area contributed by atoms with Crippen molar-refractivity contribution in [3.8, 4) is 11.8 Å². The predicted molar refractivity (Wildman–Crippen MR) is 125 cm³/mol. The van der Waals surface area contributed by atoms with Crippen molar-refractivity contribution in [3.05, 3.63) is 77.1 Å². The van der Waals surface area contributed by atoms with Gasteiger partial charge in [-0.05, 0) is 30.5 Å². The molecule has 0 fully saturated rings. The van der Waals surface area contributed by atoms with Crippen molar-refractivity contribution in [1.29, 1.82) is 0 Å². The number of carbonyl (C=O) groups is 3. The number of amides is 2. The Labute approximate surface area is 197 Å². The number of benzene rings is 1. The number of aromatic amines is 1. The van der Waals surface area contributed by atoms with Crippen molar-refractivity contribution in [1.82, 2.24) is 20.6 Å². The van der Waals surface area contributed by atoms with Crippen molar-refractivity contribution < 1.29 is 24.6 Å². The number of Topliss-reactive ketones (excluding diaryl/α,β-unsaturated/α-hetero) is 1. The molecule has 0 radical (unpaired) electrons. The third-order valence-electron chi connectivity index (χ3n) is 5.51. The fourth-order valence-electron chi connectivity index (χ4n) is 3.64. The summed E-state index contributed by atoms with van der Waals surface area (Å²) in [4.78, 5) is 45.2. The summed E-state index contributed by atoms with van der Waals surface area (Å²) in [5.41, 5.74) is 1.07. The van der Waals surface area contributed by atoms with E-state index in [0.717, 1.165) is 5.56 Å². The quantitative estimate of drug-likeness (QED) is 0.308. The van der Waals surface area contributed by atoms with Crippen molar-refractivity contribution >= 4 is 17.6 Å². The zero-order chi connectivity index (χ0) is 24.8. The summed E-state index contributed by atoms with van der Waals surface area (Å²) in [5, 5.41) is 25.4. The summed E-state index contributed by atoms with van der Waals surface area (Å²) in [6, 6.07) is 12.4. The van der Waals surface area contributed by atoms with Gasteiger partial charge in [-0.3, -0.25) is 24.4 Å². The van der Waals surface area contributed by atoms with Crippen molar-refractivity contribution in [2.45, 2.75) is 39.3 Å². The van der Waals surface area contributed by atoms with Crippen molar-refractivity contribution in [3.63, 3.8) is 0 Å². The molecule has 3 aromatic rings. The lowest BCUT2D eigenvalue weighted by molar-refractivity contribution is -0.122. The Bertz CT molecular complexity index is 1160. The van der Waals surface area contributed by atoms with E-state index in [-0.39, 0.29) is 35.0 Å². The zero-order valence-electron chi connectivity index (χ0n) is 19.2. The lowest BCUT2D eigenvalue weighted by Gasteiger charge is -2.24. The van der Waals surface area contributed by atoms with Crippen molar-refractivity contribution in [2.24, 2.45) is 5.92 Å². The Kier molecular flexibility index (Phi) is 7.68. The van der Waals surface area contributed by atoms with Gasteiger partial charge in [0.05, 0.1) is 24.1 Å². The molecular formula is C25H28N4O5. The minimum absolute atomic E-state index is 0.0698. The average molecular weight is 465 g/mol. The van der Waals surface area contributed by atoms with Gasteiger partial charge in [-0.15, -0.1) is 0 Å². The van der Waals surface area contributed by atoms with Gasteiger partial charge in [0.15, 0.2) is 11.7 Å². The van der Waals surface area contributed by atoms with Crippen LogP contribution in [0.15, 0.2) is 54.7 Å². The molecule has 2 aromatic heterocycles. The highest BCUT2D eigenvalue weighted by Crippen LogP contribution is 2.30. The van der Waals surface area contributed by atoms with Crippen LogP contribution in [-0.2, 0) is 4.79 Å². The number of hydrogen-bond acceptors (Lipinski definition) is 6. The minimum Gasteiger partial charge on any atom is -0.494 e. The summed E-state index contributed by atoms with van der Waals surface area (Å²) in [7, 11) is 0. The molecule has 2 atom stereocenters. The number of aromatic nitrogens is 2. The summed E-state index contributed by atoms with van der Waals surface area (Å²) in [6.07, 6.45) is 1.39. The van der Waals surface area contributed by atoms with Crippen LogP contribution in [0, 0.1) is 12.8 Å². The third kappa shape index (κ3) is 5.61. The summed E-state index contributed by atoms with van der Waals surface area (Å²) < 4.78 is 0. The molecule has 0 aliphatic rings. The first-order chi connectivity index (χ1) is 16.2. The van der Waals surface area contributed by atoms with Crippen LogP contribution >= 0.6 is 0 Å². The van der Waals surface area contributed by atoms with E-state index in [0.29, 0.717) is 0 Å². The van der Waals surface area contributed by atoms with E-state index >= 15 is 0 Å². The van der Waals surface area contributed by atoms with Gasteiger partial charge < -0.3 is 20.8 Å². The van der Waals surface area contributed by atoms with Crippen LogP contribution in [0.2, 0.25) is 0 Å². The summed E-state index contributed by atoms with van der Waals surface area (Å²) in [5.74, 6) is -2.48. The van der Waals surface area contributed by atoms with E-state index in [1.807, 2.05) is 6.07 Å². The summed E-state index contributed by atoms with van der Waals surface area (Å²) in [6.45, 7) is 5.02. The van der Waals surface area contributed by atoms with Crippen LogP contribution < -0.4 is 10.6 Å². The molecule has 3 rings (SSSR count). The molecule has 2 amide bonds. The van der Waals surface area contributed by atoms with Gasteiger partial charge in [-0.25, -0.2) is 0 Å². The highest BCUT2D eigenvalue weighted by molar-refractivity contribution is 6.05. The Morgan fingerprint density at radius 2 is 1.65 bits per heavy atom. The van der Waals surface area contributed by atoms with Gasteiger partial charge >= 0.3 is 0 Å². The number of pyridine rings is 1. The maximum Gasteiger partial charge on any atom is 0.270 e. The Morgan fingerprint density at radius 1 is 0.971 bits per heavy atom. The average Bonchev–Trinajstić information content (AvgIpc) is 3.08. The molecule has 0 bridgehead atoms. The molecule has 0 aliphatic carbocycles. The van der Waals surface area contributed by atoms with Crippen molar-refractivity contribution in [2.75, 3.05) is 0 Å². The summed E-state index contributed by atoms with van der Waals surface area (Å²) >= 11 is 0. The first-order valence-corrected chi connectivity index (χ1v) is 10.9. The monoisotopic (exact) mass is 464 g/mol. The maximum atomic E-state index is 13.1. The number of H-pyrrole nitrogens is 1. The lowest BCUT2D eigenvalue weighted by Crippen LogP contribution is -2.45. The number of carbonyl (C=O) groups excluding carboxylic acids is 3. The van der Waals surface area contributed by atoms with E-state index in [9.17, 15) is 24.6 Å². The molecule has 0 saturated heterocycles. The smallest absolute Gasteiger partial charge is 0.270 e. The molecule has 1 aromatic carbocycles. The Balaban J connectivity index is 1.79. The number of nitrogens with zero attached hydrogens (tertiary/aromatic N) is 1. The first-order valence-electron chi connectivity index (χ1n) is 10.9. The molecule has 5 N–H and O–H groups in total. The molecule has 0 spiro atoms. The Hall–Kier alpha value is -4.14. The fourth-order valence-corrected chi connectivity index (χ4v) is 3.64. The van der Waals surface area contributed by atoms with Crippen LogP contribution in [0.25, 0.3) is 0 Å². The van der Waals surface area contributed by atoms with Gasteiger partial charge in [0.2, 0.25) is 11.8 Å². The molecule has 0 saturated carbocycles. The number of aromatic hydroxyl groups is 2. The van der Waals surface area contributed by atoms with Gasteiger partial charge in [-0.1, -0.05) is 50.2 Å². The zero-order valence-corrected chi connectivity index (χ0v) is 19.2. The number of ketones is 1. The second-order valence-corrected chi connectivity index (χ2v) is 8.33. The normalized spacial score (nSPS) is 12.7. The topological polar surface area (TPSA) is 144 Å². The molecule has 34 heavy (non-hydrogen) atoms. The van der Waals surface area contributed by atoms with Crippen LogP contribution in [0.1, 0.15) is 58.3 Å². The van der Waals surface area contributed by atoms with E-state index in [2.05, 4.69) is 20.6 Å². The third-order valence-corrected chi connectivity index (χ3v) is 5.51. The van der Waals surface area contributed by atoms with Crippen LogP contribution in [0.3, 0.4) is 0 Å². The lowest BCUT2D eigenvalue weighted by atomic mass is 9.93. The molecule has 9 heteroatoms. The highest BCUT2D eigenvalue weighted by Gasteiger charge is 2.31. The standard InChI is InChI=1S/C25H28N4O5/c1-14(2)21(22(31)20-15(3)23(32)29-25(20)34)28-19(30)13-18(16-9-5-4-6-10-16)27-24(33)17-11-7-8-12-26-17/h4-12,14,18,21,29,32,34H,13H2,1-3H3,(H,27,33)(H,28,30)/t18-,21-/m0/s1. The van der Waals surface area contributed by atoms with Crippen LogP contribution in [0.4, 0.5) is 0 Å². The molecule has 178 valence electrons. The van der Waals surface area contributed by atoms with E-state index in [1.165, 1.54) is 13.1 Å². The molecule has 9 nitrogen and oxygen atoms in total.